The van der Waals surface area contributed by atoms with Crippen LogP contribution in [0.15, 0.2) is 73.0 Å². The Bertz CT molecular complexity index is 554. The number of hydrogen-bond acceptors (Lipinski definition) is 2. The molecule has 0 heterocycles. The Balaban J connectivity index is 2.20. The highest BCUT2D eigenvalue weighted by atomic mass is 16.5. The third-order valence-electron chi connectivity index (χ3n) is 2.45. The molecule has 0 aromatic heterocycles. The van der Waals surface area contributed by atoms with Gasteiger partial charge in [-0.3, -0.25) is 0 Å². The summed E-state index contributed by atoms with van der Waals surface area (Å²) in [4.78, 5) is 0. The van der Waals surface area contributed by atoms with Crippen LogP contribution in [0.5, 0.6) is 11.5 Å². The lowest BCUT2D eigenvalue weighted by atomic mass is 10.1. The lowest BCUT2D eigenvalue weighted by molar-refractivity contribution is 0.228. The Morgan fingerprint density at radius 3 is 2.50 bits per heavy atom. The molecule has 0 bridgehead atoms. The molecule has 0 saturated carbocycles. The van der Waals surface area contributed by atoms with Crippen LogP contribution in [0.3, 0.4) is 0 Å². The second-order valence-electron chi connectivity index (χ2n) is 3.80. The summed E-state index contributed by atoms with van der Waals surface area (Å²) in [5, 5.41) is 9.80. The summed E-state index contributed by atoms with van der Waals surface area (Å²) in [7, 11) is 0. The minimum absolute atomic E-state index is 0.690. The molecule has 90 valence electrons. The largest absolute Gasteiger partial charge is 0.457 e. The van der Waals surface area contributed by atoms with Crippen molar-refractivity contribution in [2.45, 2.75) is 6.10 Å². The molecule has 1 unspecified atom stereocenters. The van der Waals surface area contributed by atoms with Gasteiger partial charge in [-0.1, -0.05) is 36.9 Å². The summed E-state index contributed by atoms with van der Waals surface area (Å²) in [6, 6.07) is 16.8. The first kappa shape index (κ1) is 12.2. The number of aliphatic hydroxyl groups is 1. The molecule has 2 heteroatoms. The highest BCUT2D eigenvalue weighted by Crippen LogP contribution is 2.24. The Hall–Kier alpha value is -2.28. The van der Waals surface area contributed by atoms with E-state index in [0.717, 1.165) is 11.3 Å². The van der Waals surface area contributed by atoms with E-state index in [1.165, 1.54) is 6.08 Å². The monoisotopic (exact) mass is 238 g/mol. The smallest absolute Gasteiger partial charge is 0.127 e. The molecule has 18 heavy (non-hydrogen) atoms. The molecule has 2 nitrogen and oxygen atoms in total. The quantitative estimate of drug-likeness (QED) is 0.820. The summed E-state index contributed by atoms with van der Waals surface area (Å²) in [5.41, 5.74) is 3.32. The Kier molecular flexibility index (Phi) is 3.98. The van der Waals surface area contributed by atoms with Gasteiger partial charge in [-0.25, -0.2) is 0 Å². The first-order valence-electron chi connectivity index (χ1n) is 5.66. The van der Waals surface area contributed by atoms with Crippen LogP contribution in [0.25, 0.3) is 0 Å². The van der Waals surface area contributed by atoms with Crippen molar-refractivity contribution in [3.8, 4) is 11.5 Å². The summed E-state index contributed by atoms with van der Waals surface area (Å²) in [5.74, 6) is 1.46. The van der Waals surface area contributed by atoms with Crippen molar-refractivity contribution >= 4 is 0 Å². The molecule has 2 aromatic carbocycles. The average Bonchev–Trinajstić information content (AvgIpc) is 2.40. The van der Waals surface area contributed by atoms with Crippen LogP contribution in [0.4, 0.5) is 0 Å². The van der Waals surface area contributed by atoms with Crippen LogP contribution in [0.1, 0.15) is 11.7 Å². The van der Waals surface area contributed by atoms with Crippen molar-refractivity contribution in [2.24, 2.45) is 0 Å². The van der Waals surface area contributed by atoms with E-state index in [2.05, 4.69) is 12.3 Å². The molecule has 0 amide bonds. The number of aliphatic hydroxyl groups excluding tert-OH is 1. The lowest BCUT2D eigenvalue weighted by Gasteiger charge is -2.09. The van der Waals surface area contributed by atoms with Crippen LogP contribution >= 0.6 is 0 Å². The molecule has 0 aliphatic rings. The van der Waals surface area contributed by atoms with Gasteiger partial charge in [0.05, 0.1) is 0 Å². The number of ether oxygens (including phenoxy) is 1. The van der Waals surface area contributed by atoms with Gasteiger partial charge < -0.3 is 9.84 Å². The van der Waals surface area contributed by atoms with Crippen LogP contribution in [-0.2, 0) is 0 Å². The molecule has 1 atom stereocenters. The van der Waals surface area contributed by atoms with E-state index in [1.807, 2.05) is 48.5 Å². The van der Waals surface area contributed by atoms with Crippen LogP contribution < -0.4 is 4.74 Å². The summed E-state index contributed by atoms with van der Waals surface area (Å²) in [6.45, 7) is 3.44. The van der Waals surface area contributed by atoms with E-state index in [4.69, 9.17) is 4.74 Å². The zero-order chi connectivity index (χ0) is 12.8. The topological polar surface area (TPSA) is 29.5 Å². The van der Waals surface area contributed by atoms with E-state index in [-0.39, 0.29) is 0 Å². The fourth-order valence-corrected chi connectivity index (χ4v) is 1.59. The van der Waals surface area contributed by atoms with E-state index in [9.17, 15) is 5.11 Å². The standard InChI is InChI=1S/C16H14O2/c1-2-7-16(17)13-8-6-11-15(12-13)18-14-9-4-3-5-10-14/h3-12,16-17H,1H2. The van der Waals surface area contributed by atoms with Crippen molar-refractivity contribution in [3.63, 3.8) is 0 Å². The van der Waals surface area contributed by atoms with E-state index >= 15 is 0 Å². The Morgan fingerprint density at radius 1 is 1.06 bits per heavy atom. The van der Waals surface area contributed by atoms with Crippen molar-refractivity contribution in [1.29, 1.82) is 0 Å². The van der Waals surface area contributed by atoms with Crippen molar-refractivity contribution < 1.29 is 9.84 Å². The third kappa shape index (κ3) is 3.11. The maximum absolute atomic E-state index is 9.80. The minimum Gasteiger partial charge on any atom is -0.457 e. The van der Waals surface area contributed by atoms with Crippen LogP contribution in [0.2, 0.25) is 0 Å². The van der Waals surface area contributed by atoms with Crippen LogP contribution in [-0.4, -0.2) is 5.11 Å². The predicted octanol–water partition coefficient (Wildman–Crippen LogP) is 3.85. The fourth-order valence-electron chi connectivity index (χ4n) is 1.59. The molecular formula is C16H14O2. The molecule has 0 spiro atoms. The number of para-hydroxylation sites is 1. The summed E-state index contributed by atoms with van der Waals surface area (Å²) >= 11 is 0. The molecule has 2 aromatic rings. The third-order valence-corrected chi connectivity index (χ3v) is 2.45. The van der Waals surface area contributed by atoms with E-state index in [1.54, 1.807) is 6.07 Å². The molecule has 0 saturated heterocycles. The van der Waals surface area contributed by atoms with Crippen molar-refractivity contribution in [1.82, 2.24) is 0 Å². The zero-order valence-electron chi connectivity index (χ0n) is 9.91. The van der Waals surface area contributed by atoms with E-state index < -0.39 is 6.10 Å². The van der Waals surface area contributed by atoms with Gasteiger partial charge in [-0.2, -0.15) is 0 Å². The Morgan fingerprint density at radius 2 is 1.78 bits per heavy atom. The molecule has 0 aliphatic heterocycles. The SMILES string of the molecule is C=C=CC(O)c1cccc(Oc2ccccc2)c1. The normalized spacial score (nSPS) is 11.4. The van der Waals surface area contributed by atoms with Crippen LogP contribution in [0, 0.1) is 0 Å². The second kappa shape index (κ2) is 5.87. The van der Waals surface area contributed by atoms with Gasteiger partial charge in [0.25, 0.3) is 0 Å². The minimum atomic E-state index is -0.707. The number of benzene rings is 2. The summed E-state index contributed by atoms with van der Waals surface area (Å²) < 4.78 is 5.69. The first-order chi connectivity index (χ1) is 8.79. The van der Waals surface area contributed by atoms with Gasteiger partial charge in [-0.05, 0) is 35.9 Å². The number of rotatable bonds is 4. The van der Waals surface area contributed by atoms with Gasteiger partial charge in [0, 0.05) is 0 Å². The van der Waals surface area contributed by atoms with Crippen molar-refractivity contribution in [3.05, 3.63) is 78.5 Å². The maximum atomic E-state index is 9.80. The predicted molar refractivity (Wildman–Crippen MR) is 71.6 cm³/mol. The van der Waals surface area contributed by atoms with Gasteiger partial charge in [0.15, 0.2) is 0 Å². The van der Waals surface area contributed by atoms with Gasteiger partial charge >= 0.3 is 0 Å². The fraction of sp³-hybridized carbons (Fsp3) is 0.0625. The molecule has 0 fully saturated rings. The van der Waals surface area contributed by atoms with Gasteiger partial charge in [0.2, 0.25) is 0 Å². The molecule has 0 radical (unpaired) electrons. The van der Waals surface area contributed by atoms with E-state index in [0.29, 0.717) is 5.75 Å². The molecule has 1 N–H and O–H groups in total. The first-order valence-corrected chi connectivity index (χ1v) is 5.66. The zero-order valence-corrected chi connectivity index (χ0v) is 9.91. The average molecular weight is 238 g/mol. The highest BCUT2D eigenvalue weighted by molar-refractivity contribution is 5.35. The van der Waals surface area contributed by atoms with Gasteiger partial charge in [0.1, 0.15) is 17.6 Å². The highest BCUT2D eigenvalue weighted by Gasteiger charge is 2.05. The maximum Gasteiger partial charge on any atom is 0.127 e. The van der Waals surface area contributed by atoms with Crippen molar-refractivity contribution in [2.75, 3.05) is 0 Å². The molecule has 2 rings (SSSR count). The second-order valence-corrected chi connectivity index (χ2v) is 3.80. The number of hydrogen-bond donors (Lipinski definition) is 1. The molecular weight excluding hydrogens is 224 g/mol. The summed E-state index contributed by atoms with van der Waals surface area (Å²) in [6.07, 6.45) is 0.795. The lowest BCUT2D eigenvalue weighted by Crippen LogP contribution is -1.93. The van der Waals surface area contributed by atoms with Gasteiger partial charge in [-0.15, -0.1) is 5.73 Å². The Labute approximate surface area is 106 Å². The molecule has 0 aliphatic carbocycles.